The Labute approximate surface area is 110 Å². The lowest BCUT2D eigenvalue weighted by molar-refractivity contribution is 0.253. The number of nitrogens with zero attached hydrogens (tertiary/aromatic N) is 2. The summed E-state index contributed by atoms with van der Waals surface area (Å²) in [6, 6.07) is 0.101. The van der Waals surface area contributed by atoms with Crippen molar-refractivity contribution >= 4 is 10.2 Å². The van der Waals surface area contributed by atoms with Crippen molar-refractivity contribution in [3.63, 3.8) is 0 Å². The smallest absolute Gasteiger partial charge is 0.282 e. The van der Waals surface area contributed by atoms with Gasteiger partial charge in [0.05, 0.1) is 0 Å². The number of aliphatic hydroxyl groups is 1. The molecule has 1 N–H and O–H groups in total. The highest BCUT2D eigenvalue weighted by molar-refractivity contribution is 7.86. The maximum Gasteiger partial charge on any atom is 0.282 e. The molecular weight excluding hydrogens is 252 g/mol. The van der Waals surface area contributed by atoms with Crippen LogP contribution in [0.25, 0.3) is 0 Å². The average molecular weight is 276 g/mol. The lowest BCUT2D eigenvalue weighted by Crippen LogP contribution is -2.47. The maximum absolute atomic E-state index is 12.6. The van der Waals surface area contributed by atoms with Crippen molar-refractivity contribution in [2.45, 2.75) is 51.0 Å². The van der Waals surface area contributed by atoms with Crippen LogP contribution in [0.5, 0.6) is 0 Å². The standard InChI is InChI=1S/C12H24N2O3S/c15-11-5-7-12-6-4-10-14(12)18(16,17)13-8-2-1-3-9-13/h12,15H,1-11H2. The molecule has 2 aliphatic rings. The van der Waals surface area contributed by atoms with E-state index < -0.39 is 10.2 Å². The van der Waals surface area contributed by atoms with Gasteiger partial charge in [-0.25, -0.2) is 0 Å². The van der Waals surface area contributed by atoms with Crippen LogP contribution in [0.2, 0.25) is 0 Å². The van der Waals surface area contributed by atoms with Gasteiger partial charge in [-0.2, -0.15) is 17.0 Å². The molecule has 0 bridgehead atoms. The molecule has 0 spiro atoms. The van der Waals surface area contributed by atoms with Crippen LogP contribution in [0, 0.1) is 0 Å². The number of hydrogen-bond acceptors (Lipinski definition) is 3. The second kappa shape index (κ2) is 6.32. The zero-order chi connectivity index (χ0) is 13.0. The predicted octanol–water partition coefficient (Wildman–Crippen LogP) is 0.954. The third kappa shape index (κ3) is 3.04. The Bertz CT molecular complexity index is 352. The Hall–Kier alpha value is -0.170. The summed E-state index contributed by atoms with van der Waals surface area (Å²) in [5.74, 6) is 0. The van der Waals surface area contributed by atoms with Crippen LogP contribution in [-0.2, 0) is 10.2 Å². The average Bonchev–Trinajstić information content (AvgIpc) is 2.86. The third-order valence-corrected chi connectivity index (χ3v) is 6.05. The largest absolute Gasteiger partial charge is 0.396 e. The molecule has 0 aromatic rings. The molecule has 0 aromatic carbocycles. The Morgan fingerprint density at radius 2 is 1.78 bits per heavy atom. The van der Waals surface area contributed by atoms with E-state index in [0.29, 0.717) is 26.1 Å². The summed E-state index contributed by atoms with van der Waals surface area (Å²) in [6.45, 7) is 2.14. The first-order valence-corrected chi connectivity index (χ1v) is 8.44. The van der Waals surface area contributed by atoms with Gasteiger partial charge < -0.3 is 5.11 Å². The van der Waals surface area contributed by atoms with Crippen molar-refractivity contribution in [3.8, 4) is 0 Å². The van der Waals surface area contributed by atoms with Gasteiger partial charge in [0.25, 0.3) is 10.2 Å². The molecule has 5 nitrogen and oxygen atoms in total. The van der Waals surface area contributed by atoms with Crippen LogP contribution >= 0.6 is 0 Å². The molecule has 1 unspecified atom stereocenters. The minimum absolute atomic E-state index is 0.101. The highest BCUT2D eigenvalue weighted by Gasteiger charge is 2.37. The highest BCUT2D eigenvalue weighted by atomic mass is 32.2. The third-order valence-electron chi connectivity index (χ3n) is 3.96. The number of hydrogen-bond donors (Lipinski definition) is 1. The number of rotatable bonds is 5. The van der Waals surface area contributed by atoms with Gasteiger partial charge in [-0.1, -0.05) is 6.42 Å². The molecule has 2 rings (SSSR count). The molecule has 1 atom stereocenters. The Morgan fingerprint density at radius 3 is 2.44 bits per heavy atom. The zero-order valence-electron chi connectivity index (χ0n) is 10.9. The van der Waals surface area contributed by atoms with Crippen molar-refractivity contribution in [1.29, 1.82) is 0 Å². The molecule has 0 aromatic heterocycles. The fraction of sp³-hybridized carbons (Fsp3) is 1.00. The molecule has 6 heteroatoms. The highest BCUT2D eigenvalue weighted by Crippen LogP contribution is 2.27. The number of aliphatic hydroxyl groups excluding tert-OH is 1. The first kappa shape index (κ1) is 14.2. The SMILES string of the molecule is O=S(=O)(N1CCCCC1)N1CCCC1CCCO. The van der Waals surface area contributed by atoms with Gasteiger partial charge in [0, 0.05) is 32.3 Å². The number of piperidine rings is 1. The predicted molar refractivity (Wildman–Crippen MR) is 70.4 cm³/mol. The topological polar surface area (TPSA) is 60.9 Å². The van der Waals surface area contributed by atoms with Gasteiger partial charge in [0.15, 0.2) is 0 Å². The quantitative estimate of drug-likeness (QED) is 0.813. The van der Waals surface area contributed by atoms with Crippen molar-refractivity contribution in [2.75, 3.05) is 26.2 Å². The Kier molecular flexibility index (Phi) is 5.00. The van der Waals surface area contributed by atoms with Crippen LogP contribution in [0.3, 0.4) is 0 Å². The van der Waals surface area contributed by atoms with E-state index >= 15 is 0 Å². The molecule has 0 amide bonds. The van der Waals surface area contributed by atoms with Crippen LogP contribution in [0.4, 0.5) is 0 Å². The van der Waals surface area contributed by atoms with Crippen LogP contribution in [0.1, 0.15) is 44.9 Å². The van der Waals surface area contributed by atoms with E-state index in [9.17, 15) is 8.42 Å². The van der Waals surface area contributed by atoms with Crippen LogP contribution in [0.15, 0.2) is 0 Å². The van der Waals surface area contributed by atoms with Crippen molar-refractivity contribution in [3.05, 3.63) is 0 Å². The lowest BCUT2D eigenvalue weighted by atomic mass is 10.1. The lowest BCUT2D eigenvalue weighted by Gasteiger charge is -2.33. The summed E-state index contributed by atoms with van der Waals surface area (Å²) < 4.78 is 28.4. The second-order valence-electron chi connectivity index (χ2n) is 5.24. The minimum atomic E-state index is -3.26. The molecule has 2 aliphatic heterocycles. The summed E-state index contributed by atoms with van der Waals surface area (Å²) in [5.41, 5.74) is 0. The first-order chi connectivity index (χ1) is 8.66. The molecule has 18 heavy (non-hydrogen) atoms. The van der Waals surface area contributed by atoms with Crippen LogP contribution < -0.4 is 0 Å². The Balaban J connectivity index is 2.03. The van der Waals surface area contributed by atoms with E-state index in [1.165, 1.54) is 0 Å². The van der Waals surface area contributed by atoms with Crippen molar-refractivity contribution in [1.82, 2.24) is 8.61 Å². The van der Waals surface area contributed by atoms with E-state index in [-0.39, 0.29) is 12.6 Å². The second-order valence-corrected chi connectivity index (χ2v) is 7.12. The van der Waals surface area contributed by atoms with Gasteiger partial charge in [0.2, 0.25) is 0 Å². The van der Waals surface area contributed by atoms with Gasteiger partial charge >= 0.3 is 0 Å². The van der Waals surface area contributed by atoms with E-state index in [2.05, 4.69) is 0 Å². The molecule has 2 fully saturated rings. The minimum Gasteiger partial charge on any atom is -0.396 e. The van der Waals surface area contributed by atoms with Gasteiger partial charge in [0.1, 0.15) is 0 Å². The summed E-state index contributed by atoms with van der Waals surface area (Å²) >= 11 is 0. The van der Waals surface area contributed by atoms with E-state index in [1.807, 2.05) is 0 Å². The van der Waals surface area contributed by atoms with Gasteiger partial charge in [-0.05, 0) is 38.5 Å². The van der Waals surface area contributed by atoms with Gasteiger partial charge in [-0.15, -0.1) is 0 Å². The van der Waals surface area contributed by atoms with E-state index in [4.69, 9.17) is 5.11 Å². The van der Waals surface area contributed by atoms with Gasteiger partial charge in [-0.3, -0.25) is 0 Å². The molecule has 0 saturated carbocycles. The summed E-state index contributed by atoms with van der Waals surface area (Å²) in [4.78, 5) is 0. The molecule has 0 radical (unpaired) electrons. The zero-order valence-corrected chi connectivity index (χ0v) is 11.7. The molecule has 106 valence electrons. The monoisotopic (exact) mass is 276 g/mol. The normalized spacial score (nSPS) is 27.7. The molecule has 2 heterocycles. The first-order valence-electron chi connectivity index (χ1n) is 7.04. The van der Waals surface area contributed by atoms with Crippen molar-refractivity contribution in [2.24, 2.45) is 0 Å². The molecular formula is C12H24N2O3S. The summed E-state index contributed by atoms with van der Waals surface area (Å²) in [5, 5.41) is 8.89. The molecule has 2 saturated heterocycles. The van der Waals surface area contributed by atoms with E-state index in [1.54, 1.807) is 8.61 Å². The fourth-order valence-electron chi connectivity index (χ4n) is 2.97. The Morgan fingerprint density at radius 1 is 1.06 bits per heavy atom. The summed E-state index contributed by atoms with van der Waals surface area (Å²) in [7, 11) is -3.26. The van der Waals surface area contributed by atoms with E-state index in [0.717, 1.165) is 38.5 Å². The fourth-order valence-corrected chi connectivity index (χ4v) is 4.94. The van der Waals surface area contributed by atoms with Crippen molar-refractivity contribution < 1.29 is 13.5 Å². The van der Waals surface area contributed by atoms with Crippen LogP contribution in [-0.4, -0.2) is 54.4 Å². The molecule has 0 aliphatic carbocycles. The summed E-state index contributed by atoms with van der Waals surface area (Å²) in [6.07, 6.45) is 6.46. The maximum atomic E-state index is 12.6.